The normalized spacial score (nSPS) is 22.1. The molecule has 2 rings (SSSR count). The van der Waals surface area contributed by atoms with Gasteiger partial charge in [-0.25, -0.2) is 0 Å². The molecule has 0 aromatic heterocycles. The lowest BCUT2D eigenvalue weighted by molar-refractivity contribution is -0.128. The topological polar surface area (TPSA) is 62.1 Å². The Morgan fingerprint density at radius 1 is 1.53 bits per heavy atom. The average molecular weight is 258 g/mol. The smallest absolute Gasteiger partial charge is 0.234 e. The third kappa shape index (κ3) is 2.25. The highest BCUT2D eigenvalue weighted by Gasteiger charge is 2.46. The van der Waals surface area contributed by atoms with Crippen LogP contribution in [-0.2, 0) is 4.79 Å². The van der Waals surface area contributed by atoms with Gasteiger partial charge < -0.3 is 14.8 Å². The molecule has 1 fully saturated rings. The Morgan fingerprint density at radius 2 is 2.21 bits per heavy atom. The van der Waals surface area contributed by atoms with E-state index in [2.05, 4.69) is 11.1 Å². The van der Waals surface area contributed by atoms with Gasteiger partial charge in [0.05, 0.1) is 25.3 Å². The van der Waals surface area contributed by atoms with E-state index in [0.717, 1.165) is 5.69 Å². The minimum Gasteiger partial charge on any atom is -0.497 e. The van der Waals surface area contributed by atoms with E-state index >= 15 is 0 Å². The maximum Gasteiger partial charge on any atom is 0.234 e. The second-order valence-electron chi connectivity index (χ2n) is 4.18. The Bertz CT molecular complexity index is 531. The van der Waals surface area contributed by atoms with Crippen LogP contribution in [0.25, 0.3) is 0 Å². The van der Waals surface area contributed by atoms with Crippen LogP contribution in [0.1, 0.15) is 6.42 Å². The number of carbonyl (C=O) groups is 1. The second-order valence-corrected chi connectivity index (χ2v) is 4.18. The summed E-state index contributed by atoms with van der Waals surface area (Å²) >= 11 is 0. The number of hydrogen-bond donors (Lipinski definition) is 1. The standard InChI is InChI=1S/C14H14N2O3/c1-3-4-12-13(9-15-18)16(14(12)17)10-5-7-11(19-2)8-6-10/h1,5-9,12-13,18H,4H2,2H3/b15-9+/t12-,13+/m1/s1. The van der Waals surface area contributed by atoms with Crippen LogP contribution in [0.5, 0.6) is 5.75 Å². The van der Waals surface area contributed by atoms with E-state index in [9.17, 15) is 4.79 Å². The summed E-state index contributed by atoms with van der Waals surface area (Å²) in [6, 6.07) is 6.79. The van der Waals surface area contributed by atoms with Crippen molar-refractivity contribution >= 4 is 17.8 Å². The van der Waals surface area contributed by atoms with Gasteiger partial charge >= 0.3 is 0 Å². The Labute approximate surface area is 111 Å². The van der Waals surface area contributed by atoms with E-state index in [1.54, 1.807) is 36.3 Å². The van der Waals surface area contributed by atoms with Crippen LogP contribution >= 0.6 is 0 Å². The molecule has 0 aliphatic carbocycles. The highest BCUT2D eigenvalue weighted by Crippen LogP contribution is 2.34. The van der Waals surface area contributed by atoms with E-state index in [1.165, 1.54) is 6.21 Å². The number of carbonyl (C=O) groups excluding carboxylic acids is 1. The zero-order valence-corrected chi connectivity index (χ0v) is 10.5. The number of methoxy groups -OCH3 is 1. The zero-order valence-electron chi connectivity index (χ0n) is 10.5. The highest BCUT2D eigenvalue weighted by atomic mass is 16.5. The minimum atomic E-state index is -0.317. The molecule has 1 aliphatic heterocycles. The van der Waals surface area contributed by atoms with Gasteiger partial charge in [-0.15, -0.1) is 12.3 Å². The van der Waals surface area contributed by atoms with Crippen molar-refractivity contribution in [3.05, 3.63) is 24.3 Å². The van der Waals surface area contributed by atoms with E-state index < -0.39 is 0 Å². The summed E-state index contributed by atoms with van der Waals surface area (Å²) in [4.78, 5) is 13.6. The molecule has 1 saturated heterocycles. The van der Waals surface area contributed by atoms with Gasteiger partial charge in [-0.2, -0.15) is 0 Å². The lowest BCUT2D eigenvalue weighted by Gasteiger charge is -2.44. The Hall–Kier alpha value is -2.48. The van der Waals surface area contributed by atoms with E-state index in [-0.39, 0.29) is 17.9 Å². The number of oxime groups is 1. The molecule has 0 bridgehead atoms. The molecule has 1 heterocycles. The number of rotatable bonds is 4. The molecule has 5 nitrogen and oxygen atoms in total. The summed E-state index contributed by atoms with van der Waals surface area (Å²) in [5.74, 6) is 2.80. The van der Waals surface area contributed by atoms with Crippen molar-refractivity contribution in [2.45, 2.75) is 12.5 Å². The Balaban J connectivity index is 2.23. The van der Waals surface area contributed by atoms with Gasteiger partial charge in [0.1, 0.15) is 5.75 Å². The first kappa shape index (κ1) is 13.0. The monoisotopic (exact) mass is 258 g/mol. The predicted octanol–water partition coefficient (Wildman–Crippen LogP) is 1.51. The number of amides is 1. The van der Waals surface area contributed by atoms with Crippen molar-refractivity contribution < 1.29 is 14.7 Å². The van der Waals surface area contributed by atoms with Crippen molar-refractivity contribution in [2.75, 3.05) is 12.0 Å². The van der Waals surface area contributed by atoms with Crippen LogP contribution < -0.4 is 9.64 Å². The molecule has 1 aromatic carbocycles. The lowest BCUT2D eigenvalue weighted by atomic mass is 9.85. The number of ether oxygens (including phenoxy) is 1. The highest BCUT2D eigenvalue weighted by molar-refractivity contribution is 6.08. The fourth-order valence-electron chi connectivity index (χ4n) is 2.19. The first-order chi connectivity index (χ1) is 9.22. The molecular weight excluding hydrogens is 244 g/mol. The van der Waals surface area contributed by atoms with Gasteiger partial charge in [0, 0.05) is 12.1 Å². The summed E-state index contributed by atoms with van der Waals surface area (Å²) in [6.45, 7) is 0. The van der Waals surface area contributed by atoms with Crippen molar-refractivity contribution in [3.8, 4) is 18.1 Å². The van der Waals surface area contributed by atoms with Gasteiger partial charge in [0.25, 0.3) is 0 Å². The first-order valence-corrected chi connectivity index (χ1v) is 5.81. The number of hydrogen-bond acceptors (Lipinski definition) is 4. The van der Waals surface area contributed by atoms with Crippen LogP contribution in [0.3, 0.4) is 0 Å². The summed E-state index contributed by atoms with van der Waals surface area (Å²) in [6.07, 6.45) is 6.90. The molecule has 2 atom stereocenters. The van der Waals surface area contributed by atoms with Gasteiger partial charge in [0.15, 0.2) is 0 Å². The van der Waals surface area contributed by atoms with Crippen LogP contribution in [-0.4, -0.2) is 30.5 Å². The van der Waals surface area contributed by atoms with Crippen LogP contribution in [0.15, 0.2) is 29.4 Å². The largest absolute Gasteiger partial charge is 0.497 e. The quantitative estimate of drug-likeness (QED) is 0.293. The molecule has 0 spiro atoms. The molecular formula is C14H14N2O3. The van der Waals surface area contributed by atoms with Gasteiger partial charge in [-0.05, 0) is 24.3 Å². The molecule has 5 heteroatoms. The SMILES string of the molecule is C#CC[C@H]1C(=O)N(c2ccc(OC)cc2)[C@H]1/C=N/O. The Morgan fingerprint density at radius 3 is 2.74 bits per heavy atom. The zero-order chi connectivity index (χ0) is 13.8. The molecule has 0 radical (unpaired) electrons. The average Bonchev–Trinajstić information content (AvgIpc) is 2.45. The lowest BCUT2D eigenvalue weighted by Crippen LogP contribution is -2.62. The maximum absolute atomic E-state index is 12.0. The molecule has 0 unspecified atom stereocenters. The summed E-state index contributed by atoms with van der Waals surface area (Å²) in [5.41, 5.74) is 0.726. The third-order valence-electron chi connectivity index (χ3n) is 3.17. The van der Waals surface area contributed by atoms with E-state index in [0.29, 0.717) is 12.2 Å². The van der Waals surface area contributed by atoms with Gasteiger partial charge in [-0.3, -0.25) is 4.79 Å². The number of terminal acetylenes is 1. The molecule has 1 N–H and O–H groups in total. The number of anilines is 1. The van der Waals surface area contributed by atoms with Crippen molar-refractivity contribution in [1.82, 2.24) is 0 Å². The molecule has 1 amide bonds. The fourth-order valence-corrected chi connectivity index (χ4v) is 2.19. The van der Waals surface area contributed by atoms with Crippen LogP contribution in [0.4, 0.5) is 5.69 Å². The van der Waals surface area contributed by atoms with Crippen molar-refractivity contribution in [1.29, 1.82) is 0 Å². The number of nitrogens with zero attached hydrogens (tertiary/aromatic N) is 2. The fraction of sp³-hybridized carbons (Fsp3) is 0.286. The Kier molecular flexibility index (Phi) is 3.71. The summed E-state index contributed by atoms with van der Waals surface area (Å²) in [7, 11) is 1.58. The molecule has 98 valence electrons. The minimum absolute atomic E-state index is 0.0620. The maximum atomic E-state index is 12.0. The molecule has 1 aromatic rings. The van der Waals surface area contributed by atoms with E-state index in [1.807, 2.05) is 0 Å². The van der Waals surface area contributed by atoms with Crippen LogP contribution in [0.2, 0.25) is 0 Å². The van der Waals surface area contributed by atoms with Crippen LogP contribution in [0, 0.1) is 18.3 Å². The first-order valence-electron chi connectivity index (χ1n) is 5.81. The van der Waals surface area contributed by atoms with Gasteiger partial charge in [-0.1, -0.05) is 5.16 Å². The van der Waals surface area contributed by atoms with Gasteiger partial charge in [0.2, 0.25) is 5.91 Å². The third-order valence-corrected chi connectivity index (χ3v) is 3.17. The molecule has 19 heavy (non-hydrogen) atoms. The summed E-state index contributed by atoms with van der Waals surface area (Å²) in [5, 5.41) is 11.7. The number of benzene rings is 1. The summed E-state index contributed by atoms with van der Waals surface area (Å²) < 4.78 is 5.07. The van der Waals surface area contributed by atoms with Crippen molar-refractivity contribution in [2.24, 2.45) is 11.1 Å². The predicted molar refractivity (Wildman–Crippen MR) is 71.5 cm³/mol. The second kappa shape index (κ2) is 5.44. The van der Waals surface area contributed by atoms with Crippen molar-refractivity contribution in [3.63, 3.8) is 0 Å². The number of β-lactam (4-membered cyclic amide) rings is 1. The molecule has 1 aliphatic rings. The molecule has 0 saturated carbocycles. The van der Waals surface area contributed by atoms with E-state index in [4.69, 9.17) is 16.4 Å².